The average molecular weight is 443 g/mol. The number of hydrogen-bond acceptors (Lipinski definition) is 7. The van der Waals surface area contributed by atoms with Gasteiger partial charge in [-0.2, -0.15) is 0 Å². The molecule has 1 unspecified atom stereocenters. The van der Waals surface area contributed by atoms with Gasteiger partial charge in [0, 0.05) is 13.0 Å². The zero-order valence-electron chi connectivity index (χ0n) is 17.0. The zero-order valence-corrected chi connectivity index (χ0v) is 17.8. The number of thiophene rings is 1. The first-order chi connectivity index (χ1) is 14.7. The lowest BCUT2D eigenvalue weighted by molar-refractivity contribution is -0.153. The summed E-state index contributed by atoms with van der Waals surface area (Å²) >= 11 is 1.12. The van der Waals surface area contributed by atoms with Gasteiger partial charge in [-0.25, -0.2) is 0 Å². The molecule has 31 heavy (non-hydrogen) atoms. The first-order valence-electron chi connectivity index (χ1n) is 9.53. The molecule has 1 aliphatic rings. The minimum absolute atomic E-state index is 0.0677. The molecule has 1 aliphatic heterocycles. The van der Waals surface area contributed by atoms with Crippen LogP contribution >= 0.6 is 11.3 Å². The average Bonchev–Trinajstić information content (AvgIpc) is 3.26. The first kappa shape index (κ1) is 22.2. The highest BCUT2D eigenvalue weighted by atomic mass is 32.1. The van der Waals surface area contributed by atoms with Gasteiger partial charge in [0.05, 0.1) is 16.7 Å². The summed E-state index contributed by atoms with van der Waals surface area (Å²) in [5.41, 5.74) is 7.00. The second-order valence-corrected chi connectivity index (χ2v) is 7.98. The number of fused-ring (bicyclic) bond motifs is 1. The predicted octanol–water partition coefficient (Wildman–Crippen LogP) is 2.10. The Morgan fingerprint density at radius 2 is 1.87 bits per heavy atom. The topological polar surface area (TPSA) is 136 Å². The quantitative estimate of drug-likeness (QED) is 0.474. The first-order valence-corrected chi connectivity index (χ1v) is 10.4. The SMILES string of the molecule is Cc1ccc2c(c1)C(=O)N(CCCC(=O)OC(C)C(=O)Nc1sccc1C(N)=O)C2=O. The maximum Gasteiger partial charge on any atom is 0.306 e. The van der Waals surface area contributed by atoms with Crippen molar-refractivity contribution >= 4 is 45.9 Å². The van der Waals surface area contributed by atoms with E-state index in [1.165, 1.54) is 13.0 Å². The van der Waals surface area contributed by atoms with E-state index in [0.29, 0.717) is 11.1 Å². The number of carbonyl (C=O) groups is 5. The van der Waals surface area contributed by atoms with E-state index < -0.39 is 23.9 Å². The lowest BCUT2D eigenvalue weighted by atomic mass is 10.1. The third kappa shape index (κ3) is 4.80. The molecule has 0 spiro atoms. The van der Waals surface area contributed by atoms with Gasteiger partial charge < -0.3 is 15.8 Å². The van der Waals surface area contributed by atoms with E-state index in [-0.39, 0.29) is 41.8 Å². The van der Waals surface area contributed by atoms with Gasteiger partial charge in [-0.05, 0) is 43.8 Å². The lowest BCUT2D eigenvalue weighted by Gasteiger charge is -2.15. The Kier molecular flexibility index (Phi) is 6.50. The number of amides is 4. The second kappa shape index (κ2) is 9.09. The van der Waals surface area contributed by atoms with Crippen molar-refractivity contribution in [2.45, 2.75) is 32.8 Å². The molecule has 4 amide bonds. The van der Waals surface area contributed by atoms with Gasteiger partial charge in [0.2, 0.25) is 0 Å². The summed E-state index contributed by atoms with van der Waals surface area (Å²) in [5.74, 6) is -2.69. The minimum Gasteiger partial charge on any atom is -0.453 e. The third-order valence-corrected chi connectivity index (χ3v) is 5.56. The molecule has 9 nitrogen and oxygen atoms in total. The molecule has 1 atom stereocenters. The van der Waals surface area contributed by atoms with E-state index in [1.807, 2.05) is 6.92 Å². The molecule has 3 rings (SSSR count). The molecule has 0 saturated heterocycles. The molecule has 2 aromatic rings. The molecule has 1 aromatic heterocycles. The molecular weight excluding hydrogens is 422 g/mol. The number of esters is 1. The molecule has 0 bridgehead atoms. The maximum absolute atomic E-state index is 12.4. The number of benzene rings is 1. The number of hydrogen-bond donors (Lipinski definition) is 2. The van der Waals surface area contributed by atoms with Crippen molar-refractivity contribution in [1.29, 1.82) is 0 Å². The molecule has 162 valence electrons. The summed E-state index contributed by atoms with van der Waals surface area (Å²) in [6, 6.07) is 6.54. The van der Waals surface area contributed by atoms with E-state index in [1.54, 1.807) is 23.6 Å². The smallest absolute Gasteiger partial charge is 0.306 e. The number of primary amides is 1. The number of nitrogens with two attached hydrogens (primary N) is 1. The van der Waals surface area contributed by atoms with Crippen molar-refractivity contribution < 1.29 is 28.7 Å². The van der Waals surface area contributed by atoms with Gasteiger partial charge in [0.15, 0.2) is 6.10 Å². The number of nitrogens with one attached hydrogen (secondary N) is 1. The number of rotatable bonds is 8. The molecule has 1 aromatic carbocycles. The highest BCUT2D eigenvalue weighted by Gasteiger charge is 2.35. The van der Waals surface area contributed by atoms with Crippen molar-refractivity contribution in [1.82, 2.24) is 4.90 Å². The summed E-state index contributed by atoms with van der Waals surface area (Å²) in [6.45, 7) is 3.30. The Morgan fingerprint density at radius 3 is 2.58 bits per heavy atom. The van der Waals surface area contributed by atoms with Crippen molar-refractivity contribution in [3.8, 4) is 0 Å². The lowest BCUT2D eigenvalue weighted by Crippen LogP contribution is -2.32. The van der Waals surface area contributed by atoms with Crippen molar-refractivity contribution in [2.24, 2.45) is 5.73 Å². The minimum atomic E-state index is -1.10. The van der Waals surface area contributed by atoms with E-state index in [2.05, 4.69) is 5.32 Å². The number of aryl methyl sites for hydroxylation is 1. The molecule has 0 fully saturated rings. The molecule has 3 N–H and O–H groups in total. The number of carbonyl (C=O) groups excluding carboxylic acids is 5. The van der Waals surface area contributed by atoms with Crippen molar-refractivity contribution in [3.63, 3.8) is 0 Å². The zero-order chi connectivity index (χ0) is 22.7. The second-order valence-electron chi connectivity index (χ2n) is 7.06. The fourth-order valence-electron chi connectivity index (χ4n) is 3.11. The van der Waals surface area contributed by atoms with Crippen LogP contribution in [0.4, 0.5) is 5.00 Å². The number of ether oxygens (including phenoxy) is 1. The standard InChI is InChI=1S/C21H21N3O6S/c1-11-5-6-13-15(10-11)21(29)24(20(13)28)8-3-4-16(25)30-12(2)18(27)23-19-14(17(22)26)7-9-31-19/h5-7,9-10,12H,3-4,8H2,1-2H3,(H2,22,26)(H,23,27). The van der Waals surface area contributed by atoms with Gasteiger partial charge in [-0.15, -0.1) is 11.3 Å². The summed E-state index contributed by atoms with van der Waals surface area (Å²) in [4.78, 5) is 61.5. The Hall–Kier alpha value is -3.53. The number of nitrogens with zero attached hydrogens (tertiary/aromatic N) is 1. The van der Waals surface area contributed by atoms with Gasteiger partial charge >= 0.3 is 5.97 Å². The summed E-state index contributed by atoms with van der Waals surface area (Å²) in [7, 11) is 0. The third-order valence-electron chi connectivity index (χ3n) is 4.73. The maximum atomic E-state index is 12.4. The molecule has 0 radical (unpaired) electrons. The van der Waals surface area contributed by atoms with Gasteiger partial charge in [-0.3, -0.25) is 28.9 Å². The monoisotopic (exact) mass is 443 g/mol. The van der Waals surface area contributed by atoms with Crippen LogP contribution in [0.2, 0.25) is 0 Å². The summed E-state index contributed by atoms with van der Waals surface area (Å²) in [6.07, 6.45) is -0.971. The highest BCUT2D eigenvalue weighted by molar-refractivity contribution is 7.14. The summed E-state index contributed by atoms with van der Waals surface area (Å²) < 4.78 is 5.11. The van der Waals surface area contributed by atoms with Crippen LogP contribution in [0.15, 0.2) is 29.6 Å². The Morgan fingerprint density at radius 1 is 1.16 bits per heavy atom. The number of imide groups is 1. The van der Waals surface area contributed by atoms with Gasteiger partial charge in [-0.1, -0.05) is 11.6 Å². The molecule has 2 heterocycles. The predicted molar refractivity (Wildman–Crippen MR) is 113 cm³/mol. The van der Waals surface area contributed by atoms with Crippen LogP contribution in [0.1, 0.15) is 56.4 Å². The van der Waals surface area contributed by atoms with Crippen molar-refractivity contribution in [2.75, 3.05) is 11.9 Å². The Bertz CT molecular complexity index is 1080. The van der Waals surface area contributed by atoms with Crippen LogP contribution in [0, 0.1) is 6.92 Å². The van der Waals surface area contributed by atoms with Crippen molar-refractivity contribution in [3.05, 3.63) is 51.9 Å². The van der Waals surface area contributed by atoms with Gasteiger partial charge in [0.25, 0.3) is 23.6 Å². The Labute approximate surface area is 182 Å². The van der Waals surface area contributed by atoms with Crippen LogP contribution in [-0.4, -0.2) is 47.1 Å². The normalized spacial score (nSPS) is 13.7. The molecule has 10 heteroatoms. The highest BCUT2D eigenvalue weighted by Crippen LogP contribution is 2.25. The largest absolute Gasteiger partial charge is 0.453 e. The van der Waals surface area contributed by atoms with E-state index >= 15 is 0 Å². The van der Waals surface area contributed by atoms with Crippen LogP contribution < -0.4 is 11.1 Å². The fraction of sp³-hybridized carbons (Fsp3) is 0.286. The van der Waals surface area contributed by atoms with E-state index in [4.69, 9.17) is 10.5 Å². The molecule has 0 aliphatic carbocycles. The fourth-order valence-corrected chi connectivity index (χ4v) is 3.91. The molecular formula is C21H21N3O6S. The van der Waals surface area contributed by atoms with E-state index in [0.717, 1.165) is 21.8 Å². The van der Waals surface area contributed by atoms with Crippen LogP contribution in [0.3, 0.4) is 0 Å². The molecule has 0 saturated carbocycles. The van der Waals surface area contributed by atoms with E-state index in [9.17, 15) is 24.0 Å². The van der Waals surface area contributed by atoms with Crippen LogP contribution in [-0.2, 0) is 14.3 Å². The van der Waals surface area contributed by atoms with Crippen LogP contribution in [0.5, 0.6) is 0 Å². The van der Waals surface area contributed by atoms with Crippen LogP contribution in [0.25, 0.3) is 0 Å². The number of anilines is 1. The Balaban J connectivity index is 1.47. The summed E-state index contributed by atoms with van der Waals surface area (Å²) in [5, 5.41) is 4.39. The van der Waals surface area contributed by atoms with Gasteiger partial charge in [0.1, 0.15) is 5.00 Å².